The summed E-state index contributed by atoms with van der Waals surface area (Å²) in [5.74, 6) is -5.41. The fourth-order valence-corrected chi connectivity index (χ4v) is 4.45. The van der Waals surface area contributed by atoms with Crippen LogP contribution in [0.25, 0.3) is 10.9 Å². The molecule has 1 aromatic heterocycles. The maximum atomic E-state index is 14.3. The number of aromatic nitrogens is 2. The van der Waals surface area contributed by atoms with Gasteiger partial charge in [-0.25, -0.2) is 23.1 Å². The summed E-state index contributed by atoms with van der Waals surface area (Å²) in [5.41, 5.74) is -4.42. The highest BCUT2D eigenvalue weighted by Crippen LogP contribution is 2.55. The van der Waals surface area contributed by atoms with Gasteiger partial charge >= 0.3 is 6.18 Å². The van der Waals surface area contributed by atoms with E-state index in [-0.39, 0.29) is 34.4 Å². The molecule has 11 heteroatoms. The molecule has 1 aliphatic carbocycles. The smallest absolute Gasteiger partial charge is 0.419 e. The lowest BCUT2D eigenvalue weighted by atomic mass is 9.69. The van der Waals surface area contributed by atoms with E-state index in [1.54, 1.807) is 6.92 Å². The second kappa shape index (κ2) is 7.75. The van der Waals surface area contributed by atoms with E-state index in [2.05, 4.69) is 15.3 Å². The molecule has 0 spiro atoms. The number of alkyl halides is 3. The molecule has 0 fully saturated rings. The maximum Gasteiger partial charge on any atom is 0.419 e. The Hall–Kier alpha value is -3.08. The van der Waals surface area contributed by atoms with E-state index in [1.807, 2.05) is 0 Å². The van der Waals surface area contributed by atoms with Crippen molar-refractivity contribution < 1.29 is 36.6 Å². The van der Waals surface area contributed by atoms with Gasteiger partial charge in [-0.1, -0.05) is 13.0 Å². The first kappa shape index (κ1) is 23.1. The van der Waals surface area contributed by atoms with E-state index in [4.69, 9.17) is 0 Å². The highest BCUT2D eigenvalue weighted by Gasteiger charge is 2.62. The van der Waals surface area contributed by atoms with Gasteiger partial charge in [-0.2, -0.15) is 13.2 Å². The van der Waals surface area contributed by atoms with Gasteiger partial charge in [-0.05, 0) is 37.3 Å². The van der Waals surface area contributed by atoms with E-state index < -0.39 is 58.9 Å². The van der Waals surface area contributed by atoms with Crippen LogP contribution in [0, 0.1) is 24.4 Å². The molecule has 0 bridgehead atoms. The molecule has 0 aliphatic heterocycles. The quantitative estimate of drug-likeness (QED) is 0.446. The van der Waals surface area contributed by atoms with Crippen molar-refractivity contribution in [2.45, 2.75) is 50.4 Å². The van der Waals surface area contributed by atoms with Crippen molar-refractivity contribution in [3.05, 3.63) is 58.8 Å². The zero-order chi connectivity index (χ0) is 24.3. The zero-order valence-corrected chi connectivity index (χ0v) is 17.4. The first-order chi connectivity index (χ1) is 15.4. The number of nitrogens with one attached hydrogen (secondary N) is 1. The number of hydrogen-bond acceptors (Lipinski definition) is 5. The molecule has 0 amide bonds. The van der Waals surface area contributed by atoms with Crippen LogP contribution in [-0.2, 0) is 0 Å². The Bertz CT molecular complexity index is 1250. The molecule has 0 saturated heterocycles. The molecule has 3 atom stereocenters. The number of fused-ring (bicyclic) bond motifs is 2. The normalized spacial score (nSPS) is 22.9. The molecular formula is C22H19F6N3O2. The number of anilines is 1. The van der Waals surface area contributed by atoms with Crippen LogP contribution >= 0.6 is 0 Å². The van der Waals surface area contributed by atoms with Gasteiger partial charge in [0.05, 0.1) is 6.04 Å². The van der Waals surface area contributed by atoms with Crippen LogP contribution in [0.1, 0.15) is 48.7 Å². The van der Waals surface area contributed by atoms with Crippen LogP contribution in [0.5, 0.6) is 5.75 Å². The minimum Gasteiger partial charge on any atom is -0.505 e. The van der Waals surface area contributed by atoms with Gasteiger partial charge in [0, 0.05) is 28.9 Å². The van der Waals surface area contributed by atoms with Gasteiger partial charge in [-0.3, -0.25) is 0 Å². The molecule has 2 aromatic carbocycles. The average Bonchev–Trinajstić information content (AvgIpc) is 2.74. The third-order valence-corrected chi connectivity index (χ3v) is 6.13. The maximum absolute atomic E-state index is 14.3. The first-order valence-corrected chi connectivity index (χ1v) is 10.1. The second-order valence-corrected chi connectivity index (χ2v) is 8.11. The van der Waals surface area contributed by atoms with Crippen LogP contribution in [-0.4, -0.2) is 32.0 Å². The van der Waals surface area contributed by atoms with Crippen LogP contribution in [0.4, 0.5) is 32.0 Å². The Labute approximate surface area is 184 Å². The Morgan fingerprint density at radius 3 is 2.52 bits per heavy atom. The highest BCUT2D eigenvalue weighted by atomic mass is 19.4. The Morgan fingerprint density at radius 2 is 1.88 bits per heavy atom. The summed E-state index contributed by atoms with van der Waals surface area (Å²) in [6, 6.07) is 0.481. The summed E-state index contributed by atoms with van der Waals surface area (Å²) in [6.07, 6.45) is -4.83. The van der Waals surface area contributed by atoms with E-state index >= 15 is 0 Å². The van der Waals surface area contributed by atoms with E-state index in [0.29, 0.717) is 6.07 Å². The van der Waals surface area contributed by atoms with E-state index in [1.165, 1.54) is 6.92 Å². The third-order valence-electron chi connectivity index (χ3n) is 6.13. The van der Waals surface area contributed by atoms with Crippen LogP contribution in [0.15, 0.2) is 24.4 Å². The fraction of sp³-hybridized carbons (Fsp3) is 0.364. The summed E-state index contributed by atoms with van der Waals surface area (Å²) >= 11 is 0. The van der Waals surface area contributed by atoms with Gasteiger partial charge in [0.15, 0.2) is 28.8 Å². The zero-order valence-electron chi connectivity index (χ0n) is 17.4. The summed E-state index contributed by atoms with van der Waals surface area (Å²) < 4.78 is 85.3. The lowest BCUT2D eigenvalue weighted by Gasteiger charge is -2.45. The molecule has 33 heavy (non-hydrogen) atoms. The predicted octanol–water partition coefficient (Wildman–Crippen LogP) is 5.41. The molecular weight excluding hydrogens is 452 g/mol. The van der Waals surface area contributed by atoms with E-state index in [9.17, 15) is 36.6 Å². The third kappa shape index (κ3) is 3.54. The monoisotopic (exact) mass is 471 g/mol. The number of nitrogens with zero attached hydrogens (tertiary/aromatic N) is 2. The van der Waals surface area contributed by atoms with Crippen molar-refractivity contribution >= 4 is 16.6 Å². The molecule has 0 saturated carbocycles. The molecule has 4 rings (SSSR count). The van der Waals surface area contributed by atoms with Gasteiger partial charge in [-0.15, -0.1) is 0 Å². The molecule has 176 valence electrons. The van der Waals surface area contributed by atoms with Crippen molar-refractivity contribution in [3.8, 4) is 5.75 Å². The number of hydrogen-bond donors (Lipinski definition) is 3. The molecule has 0 unspecified atom stereocenters. The molecule has 3 aromatic rings. The van der Waals surface area contributed by atoms with Crippen molar-refractivity contribution in [1.29, 1.82) is 0 Å². The molecule has 3 N–H and O–H groups in total. The number of phenols is 1. The largest absolute Gasteiger partial charge is 0.505 e. The standard InChI is InChI=1S/C22H19F6N3O2/c1-3-10-7-21(33,22(26,27)28)20(11-4-5-13(23)19(32)16(10)11)31-15-6-14(24)17(25)18-12(15)8-29-9(2)30-18/h4-6,8,10,20,31-33H,3,7H2,1-2H3/t10-,20+,21-/m1/s1. The highest BCUT2D eigenvalue weighted by molar-refractivity contribution is 5.91. The lowest BCUT2D eigenvalue weighted by molar-refractivity contribution is -0.272. The number of rotatable bonds is 3. The van der Waals surface area contributed by atoms with Crippen LogP contribution < -0.4 is 5.32 Å². The number of aryl methyl sites for hydroxylation is 1. The minimum atomic E-state index is -5.15. The van der Waals surface area contributed by atoms with Gasteiger partial charge in [0.1, 0.15) is 11.3 Å². The molecule has 5 nitrogen and oxygen atoms in total. The second-order valence-electron chi connectivity index (χ2n) is 8.11. The van der Waals surface area contributed by atoms with Crippen LogP contribution in [0.2, 0.25) is 0 Å². The van der Waals surface area contributed by atoms with Crippen molar-refractivity contribution in [3.63, 3.8) is 0 Å². The minimum absolute atomic E-state index is 0.0797. The fourth-order valence-electron chi connectivity index (χ4n) is 4.45. The van der Waals surface area contributed by atoms with Gasteiger partial charge < -0.3 is 15.5 Å². The molecule has 0 radical (unpaired) electrons. The summed E-state index contributed by atoms with van der Waals surface area (Å²) in [4.78, 5) is 7.73. The topological polar surface area (TPSA) is 78.3 Å². The van der Waals surface area contributed by atoms with Crippen LogP contribution in [0.3, 0.4) is 0 Å². The average molecular weight is 471 g/mol. The molecule has 1 heterocycles. The van der Waals surface area contributed by atoms with Crippen molar-refractivity contribution in [1.82, 2.24) is 9.97 Å². The summed E-state index contributed by atoms with van der Waals surface area (Å²) in [7, 11) is 0. The SMILES string of the molecule is CC[C@@H]1C[C@](O)(C(F)(F)F)[C@@H](Nc2cc(F)c(F)c3nc(C)ncc23)c2ccc(F)c(O)c21. The van der Waals surface area contributed by atoms with E-state index in [0.717, 1.165) is 18.3 Å². The predicted molar refractivity (Wildman–Crippen MR) is 107 cm³/mol. The Balaban J connectivity index is 1.97. The Kier molecular flexibility index (Phi) is 5.43. The Morgan fingerprint density at radius 1 is 1.18 bits per heavy atom. The van der Waals surface area contributed by atoms with Crippen molar-refractivity contribution in [2.24, 2.45) is 0 Å². The molecule has 1 aliphatic rings. The number of phenolic OH excluding ortho intramolecular Hbond substituents is 1. The van der Waals surface area contributed by atoms with Gasteiger partial charge in [0.2, 0.25) is 0 Å². The summed E-state index contributed by atoms with van der Waals surface area (Å²) in [6.45, 7) is 2.98. The lowest BCUT2D eigenvalue weighted by Crippen LogP contribution is -2.55. The van der Waals surface area contributed by atoms with Gasteiger partial charge in [0.25, 0.3) is 0 Å². The number of halogens is 6. The first-order valence-electron chi connectivity index (χ1n) is 10.1. The number of aromatic hydroxyl groups is 1. The number of benzene rings is 2. The van der Waals surface area contributed by atoms with Crippen molar-refractivity contribution in [2.75, 3.05) is 5.32 Å². The summed E-state index contributed by atoms with van der Waals surface area (Å²) in [5, 5.41) is 23.6. The number of aliphatic hydroxyl groups is 1.